The average Bonchev–Trinajstić information content (AvgIpc) is 2.91. The number of piperazine rings is 1. The fraction of sp³-hybridized carbons (Fsp3) is 0.500. The van der Waals surface area contributed by atoms with Gasteiger partial charge >= 0.3 is 0 Å². The summed E-state index contributed by atoms with van der Waals surface area (Å²) in [5, 5.41) is 0. The van der Waals surface area contributed by atoms with E-state index in [0.717, 1.165) is 17.0 Å². The number of sulfonamides is 1. The first-order chi connectivity index (χ1) is 10.1. The predicted molar refractivity (Wildman–Crippen MR) is 84.0 cm³/mol. The molecule has 0 spiro atoms. The lowest BCUT2D eigenvalue weighted by Crippen LogP contribution is -2.49. The van der Waals surface area contributed by atoms with Crippen LogP contribution >= 0.6 is 0 Å². The van der Waals surface area contributed by atoms with Crippen molar-refractivity contribution in [1.82, 2.24) is 14.3 Å². The van der Waals surface area contributed by atoms with Crippen molar-refractivity contribution in [2.45, 2.75) is 13.3 Å². The van der Waals surface area contributed by atoms with Crippen molar-refractivity contribution in [3.63, 3.8) is 0 Å². The maximum Gasteiger partial charge on any atom is 0.214 e. The largest absolute Gasteiger partial charge is 0.340 e. The number of imidazole rings is 1. The standard InChI is InChI=1S/C14H20N4O2S/c1-2-11-21(19,20)18-9-7-17(8-10-18)14-15-12-5-3-4-6-13(12)16-14/h3-6H,2,7-11H2,1H3,(H,15,16). The van der Waals surface area contributed by atoms with Gasteiger partial charge in [-0.25, -0.2) is 13.4 Å². The first-order valence-corrected chi connectivity index (χ1v) is 8.88. The monoisotopic (exact) mass is 308 g/mol. The summed E-state index contributed by atoms with van der Waals surface area (Å²) < 4.78 is 25.7. The third-order valence-corrected chi connectivity index (χ3v) is 5.85. The third kappa shape index (κ3) is 2.89. The molecule has 0 radical (unpaired) electrons. The Morgan fingerprint density at radius 2 is 1.90 bits per heavy atom. The van der Waals surface area contributed by atoms with Crippen LogP contribution in [0.2, 0.25) is 0 Å². The Labute approximate surface area is 124 Å². The third-order valence-electron chi connectivity index (χ3n) is 3.77. The van der Waals surface area contributed by atoms with Crippen LogP contribution in [0.1, 0.15) is 13.3 Å². The Hall–Kier alpha value is -1.60. The van der Waals surface area contributed by atoms with Crippen LogP contribution in [0.15, 0.2) is 24.3 Å². The van der Waals surface area contributed by atoms with Crippen LogP contribution in [-0.4, -0.2) is 54.6 Å². The van der Waals surface area contributed by atoms with Crippen molar-refractivity contribution in [1.29, 1.82) is 0 Å². The first kappa shape index (κ1) is 14.3. The molecule has 0 atom stereocenters. The van der Waals surface area contributed by atoms with Crippen LogP contribution in [0.3, 0.4) is 0 Å². The van der Waals surface area contributed by atoms with E-state index in [9.17, 15) is 8.42 Å². The van der Waals surface area contributed by atoms with Gasteiger partial charge in [0.2, 0.25) is 16.0 Å². The van der Waals surface area contributed by atoms with Gasteiger partial charge in [0, 0.05) is 26.2 Å². The molecule has 0 bridgehead atoms. The van der Waals surface area contributed by atoms with Gasteiger partial charge in [-0.1, -0.05) is 19.1 Å². The van der Waals surface area contributed by atoms with Gasteiger partial charge in [0.1, 0.15) is 0 Å². The number of anilines is 1. The Morgan fingerprint density at radius 1 is 1.19 bits per heavy atom. The van der Waals surface area contributed by atoms with Crippen molar-refractivity contribution >= 4 is 27.0 Å². The molecule has 2 heterocycles. The summed E-state index contributed by atoms with van der Waals surface area (Å²) in [6.07, 6.45) is 0.659. The number of hydrogen-bond donors (Lipinski definition) is 1. The van der Waals surface area contributed by atoms with Gasteiger partial charge in [-0.2, -0.15) is 4.31 Å². The molecule has 0 unspecified atom stereocenters. The highest BCUT2D eigenvalue weighted by molar-refractivity contribution is 7.89. The molecule has 6 nitrogen and oxygen atoms in total. The number of benzene rings is 1. The van der Waals surface area contributed by atoms with Crippen LogP contribution in [-0.2, 0) is 10.0 Å². The smallest absolute Gasteiger partial charge is 0.214 e. The van der Waals surface area contributed by atoms with E-state index in [0.29, 0.717) is 32.6 Å². The molecule has 2 aromatic rings. The molecule has 1 fully saturated rings. The SMILES string of the molecule is CCCS(=O)(=O)N1CCN(c2nc3ccccc3[nH]2)CC1. The van der Waals surface area contributed by atoms with Crippen LogP contribution in [0.5, 0.6) is 0 Å². The Bertz CT molecular complexity index is 684. The highest BCUT2D eigenvalue weighted by Gasteiger charge is 2.27. The number of para-hydroxylation sites is 2. The Balaban J connectivity index is 1.71. The van der Waals surface area contributed by atoms with E-state index in [4.69, 9.17) is 0 Å². The lowest BCUT2D eigenvalue weighted by atomic mass is 10.3. The maximum absolute atomic E-state index is 12.1. The molecule has 0 saturated carbocycles. The van der Waals surface area contributed by atoms with Crippen LogP contribution < -0.4 is 4.90 Å². The highest BCUT2D eigenvalue weighted by Crippen LogP contribution is 2.19. The van der Waals surface area contributed by atoms with E-state index >= 15 is 0 Å². The van der Waals surface area contributed by atoms with Crippen LogP contribution in [0.4, 0.5) is 5.95 Å². The van der Waals surface area contributed by atoms with Gasteiger partial charge < -0.3 is 9.88 Å². The molecule has 0 aliphatic carbocycles. The molecule has 1 saturated heterocycles. The van der Waals surface area contributed by atoms with Gasteiger partial charge in [0.25, 0.3) is 0 Å². The zero-order valence-electron chi connectivity index (χ0n) is 12.1. The Morgan fingerprint density at radius 3 is 2.57 bits per heavy atom. The molecule has 1 aliphatic heterocycles. The lowest BCUT2D eigenvalue weighted by Gasteiger charge is -2.33. The second-order valence-electron chi connectivity index (χ2n) is 5.28. The number of H-pyrrole nitrogens is 1. The van der Waals surface area contributed by atoms with E-state index in [1.165, 1.54) is 0 Å². The van der Waals surface area contributed by atoms with Gasteiger partial charge in [-0.15, -0.1) is 0 Å². The summed E-state index contributed by atoms with van der Waals surface area (Å²) in [7, 11) is -3.09. The van der Waals surface area contributed by atoms with Crippen LogP contribution in [0.25, 0.3) is 11.0 Å². The molecule has 3 rings (SSSR count). The number of nitrogens with zero attached hydrogens (tertiary/aromatic N) is 3. The highest BCUT2D eigenvalue weighted by atomic mass is 32.2. The Kier molecular flexibility index (Phi) is 3.86. The molecule has 21 heavy (non-hydrogen) atoms. The molecular weight excluding hydrogens is 288 g/mol. The lowest BCUT2D eigenvalue weighted by molar-refractivity contribution is 0.383. The second-order valence-corrected chi connectivity index (χ2v) is 7.37. The quantitative estimate of drug-likeness (QED) is 0.927. The zero-order valence-corrected chi connectivity index (χ0v) is 12.9. The number of fused-ring (bicyclic) bond motifs is 1. The minimum atomic E-state index is -3.09. The minimum absolute atomic E-state index is 0.234. The van der Waals surface area contributed by atoms with Gasteiger partial charge in [-0.05, 0) is 18.6 Å². The summed E-state index contributed by atoms with van der Waals surface area (Å²) in [5.74, 6) is 1.06. The molecule has 1 aromatic carbocycles. The molecule has 1 N–H and O–H groups in total. The predicted octanol–water partition coefficient (Wildman–Crippen LogP) is 1.42. The van der Waals surface area contributed by atoms with Gasteiger partial charge in [0.15, 0.2) is 0 Å². The summed E-state index contributed by atoms with van der Waals surface area (Å²) in [6, 6.07) is 7.90. The van der Waals surface area contributed by atoms with E-state index in [2.05, 4.69) is 14.9 Å². The van der Waals surface area contributed by atoms with E-state index < -0.39 is 10.0 Å². The first-order valence-electron chi connectivity index (χ1n) is 7.27. The fourth-order valence-electron chi connectivity index (χ4n) is 2.65. The molecular formula is C14H20N4O2S. The zero-order chi connectivity index (χ0) is 14.9. The average molecular weight is 308 g/mol. The van der Waals surface area contributed by atoms with Crippen molar-refractivity contribution in [2.24, 2.45) is 0 Å². The topological polar surface area (TPSA) is 69.3 Å². The summed E-state index contributed by atoms with van der Waals surface area (Å²) in [6.45, 7) is 4.28. The van der Waals surface area contributed by atoms with Crippen molar-refractivity contribution in [3.05, 3.63) is 24.3 Å². The number of nitrogens with one attached hydrogen (secondary N) is 1. The summed E-state index contributed by atoms with van der Waals surface area (Å²) in [4.78, 5) is 9.96. The maximum atomic E-state index is 12.1. The van der Waals surface area contributed by atoms with E-state index in [-0.39, 0.29) is 5.75 Å². The van der Waals surface area contributed by atoms with Crippen molar-refractivity contribution < 1.29 is 8.42 Å². The molecule has 1 aromatic heterocycles. The minimum Gasteiger partial charge on any atom is -0.340 e. The second kappa shape index (κ2) is 5.65. The number of aromatic amines is 1. The summed E-state index contributed by atoms with van der Waals surface area (Å²) in [5.41, 5.74) is 1.95. The molecule has 114 valence electrons. The normalized spacial score (nSPS) is 17.5. The molecule has 1 aliphatic rings. The van der Waals surface area contributed by atoms with Crippen molar-refractivity contribution in [3.8, 4) is 0 Å². The van der Waals surface area contributed by atoms with Gasteiger partial charge in [-0.3, -0.25) is 0 Å². The fourth-order valence-corrected chi connectivity index (χ4v) is 4.15. The van der Waals surface area contributed by atoms with Crippen LogP contribution in [0, 0.1) is 0 Å². The molecule has 7 heteroatoms. The van der Waals surface area contributed by atoms with Crippen molar-refractivity contribution in [2.75, 3.05) is 36.8 Å². The number of aromatic nitrogens is 2. The molecule has 0 amide bonds. The van der Waals surface area contributed by atoms with Gasteiger partial charge in [0.05, 0.1) is 16.8 Å². The summed E-state index contributed by atoms with van der Waals surface area (Å²) >= 11 is 0. The number of rotatable bonds is 4. The van der Waals surface area contributed by atoms with E-state index in [1.807, 2.05) is 31.2 Å². The van der Waals surface area contributed by atoms with E-state index in [1.54, 1.807) is 4.31 Å². The number of hydrogen-bond acceptors (Lipinski definition) is 4.